The van der Waals surface area contributed by atoms with E-state index in [0.717, 1.165) is 18.5 Å². The Labute approximate surface area is 124 Å². The summed E-state index contributed by atoms with van der Waals surface area (Å²) >= 11 is 0. The normalized spacial score (nSPS) is 22.6. The molecule has 3 amide bonds. The molecule has 5 N–H and O–H groups in total. The molecule has 114 valence electrons. The maximum Gasteiger partial charge on any atom is 0.316 e. The molecule has 21 heavy (non-hydrogen) atoms. The molecule has 2 rings (SSSR count). The van der Waals surface area contributed by atoms with Gasteiger partial charge in [0, 0.05) is 12.2 Å². The third kappa shape index (κ3) is 3.72. The first-order valence-corrected chi connectivity index (χ1v) is 7.09. The average molecular weight is 290 g/mol. The summed E-state index contributed by atoms with van der Waals surface area (Å²) in [4.78, 5) is 23.1. The minimum Gasteiger partial charge on any atom is -0.351 e. The number of carbonyl (C=O) groups excluding carboxylic acids is 2. The number of nitrogens with one attached hydrogen (secondary N) is 3. The number of primary amides is 1. The molecule has 1 fully saturated rings. The van der Waals surface area contributed by atoms with Crippen LogP contribution in [0.1, 0.15) is 31.9 Å². The largest absolute Gasteiger partial charge is 0.351 e. The van der Waals surface area contributed by atoms with E-state index in [1.807, 2.05) is 26.0 Å². The summed E-state index contributed by atoms with van der Waals surface area (Å²) < 4.78 is 0. The fourth-order valence-electron chi connectivity index (χ4n) is 2.46. The van der Waals surface area contributed by atoms with E-state index in [2.05, 4.69) is 16.0 Å². The summed E-state index contributed by atoms with van der Waals surface area (Å²) in [5.74, 6) is 0.0688. The second-order valence-corrected chi connectivity index (χ2v) is 5.79. The maximum atomic E-state index is 12.3. The lowest BCUT2D eigenvalue weighted by atomic mass is 9.88. The fourth-order valence-corrected chi connectivity index (χ4v) is 2.46. The summed E-state index contributed by atoms with van der Waals surface area (Å²) in [6, 6.07) is 6.59. The van der Waals surface area contributed by atoms with Crippen LogP contribution in [0.3, 0.4) is 0 Å². The molecule has 0 radical (unpaired) electrons. The van der Waals surface area contributed by atoms with Crippen molar-refractivity contribution in [2.24, 2.45) is 11.1 Å². The van der Waals surface area contributed by atoms with Crippen molar-refractivity contribution in [2.45, 2.75) is 26.3 Å². The lowest BCUT2D eigenvalue weighted by molar-refractivity contribution is -0.129. The van der Waals surface area contributed by atoms with Crippen molar-refractivity contribution in [2.75, 3.05) is 18.4 Å². The zero-order valence-electron chi connectivity index (χ0n) is 12.4. The quantitative estimate of drug-likeness (QED) is 0.674. The first-order chi connectivity index (χ1) is 9.90. The van der Waals surface area contributed by atoms with Gasteiger partial charge in [-0.3, -0.25) is 4.79 Å². The monoisotopic (exact) mass is 290 g/mol. The Morgan fingerprint density at radius 1 is 1.33 bits per heavy atom. The standard InChI is InChI=1S/C15H22N4O2/c1-10(18-13(20)15(2)7-8-17-9-15)11-3-5-12(6-4-11)19-14(16)21/h3-6,10,17H,7-9H2,1-2H3,(H,18,20)(H3,16,19,21). The van der Waals surface area contributed by atoms with Gasteiger partial charge in [0.1, 0.15) is 0 Å². The van der Waals surface area contributed by atoms with E-state index >= 15 is 0 Å². The van der Waals surface area contributed by atoms with Gasteiger partial charge in [-0.2, -0.15) is 0 Å². The summed E-state index contributed by atoms with van der Waals surface area (Å²) in [6.45, 7) is 5.52. The highest BCUT2D eigenvalue weighted by molar-refractivity contribution is 5.87. The van der Waals surface area contributed by atoms with Crippen LogP contribution >= 0.6 is 0 Å². The van der Waals surface area contributed by atoms with Crippen molar-refractivity contribution < 1.29 is 9.59 Å². The topological polar surface area (TPSA) is 96.2 Å². The first-order valence-electron chi connectivity index (χ1n) is 7.09. The zero-order valence-corrected chi connectivity index (χ0v) is 12.4. The molecule has 6 heteroatoms. The molecule has 1 saturated heterocycles. The highest BCUT2D eigenvalue weighted by atomic mass is 16.2. The Balaban J connectivity index is 1.98. The summed E-state index contributed by atoms with van der Waals surface area (Å²) in [5.41, 5.74) is 6.34. The molecular formula is C15H22N4O2. The highest BCUT2D eigenvalue weighted by Crippen LogP contribution is 2.26. The Kier molecular flexibility index (Phi) is 4.47. The zero-order chi connectivity index (χ0) is 15.5. The van der Waals surface area contributed by atoms with Gasteiger partial charge in [0.05, 0.1) is 11.5 Å². The van der Waals surface area contributed by atoms with Gasteiger partial charge in [-0.1, -0.05) is 12.1 Å². The van der Waals surface area contributed by atoms with E-state index in [4.69, 9.17) is 5.73 Å². The van der Waals surface area contributed by atoms with Gasteiger partial charge in [-0.15, -0.1) is 0 Å². The first kappa shape index (κ1) is 15.3. The van der Waals surface area contributed by atoms with E-state index in [0.29, 0.717) is 12.2 Å². The number of urea groups is 1. The van der Waals surface area contributed by atoms with Crippen LogP contribution in [0.2, 0.25) is 0 Å². The van der Waals surface area contributed by atoms with Crippen LogP contribution in [0.5, 0.6) is 0 Å². The number of hydrogen-bond donors (Lipinski definition) is 4. The van der Waals surface area contributed by atoms with Crippen molar-refractivity contribution in [3.05, 3.63) is 29.8 Å². The second-order valence-electron chi connectivity index (χ2n) is 5.79. The Hall–Kier alpha value is -2.08. The van der Waals surface area contributed by atoms with Crippen LogP contribution in [-0.4, -0.2) is 25.0 Å². The molecule has 1 aromatic rings. The van der Waals surface area contributed by atoms with E-state index in [9.17, 15) is 9.59 Å². The molecule has 2 unspecified atom stereocenters. The van der Waals surface area contributed by atoms with Crippen LogP contribution in [-0.2, 0) is 4.79 Å². The van der Waals surface area contributed by atoms with Gasteiger partial charge in [0.25, 0.3) is 0 Å². The van der Waals surface area contributed by atoms with Crippen molar-refractivity contribution in [1.82, 2.24) is 10.6 Å². The molecule has 0 aromatic heterocycles. The molecule has 2 atom stereocenters. The van der Waals surface area contributed by atoms with Crippen LogP contribution < -0.4 is 21.7 Å². The van der Waals surface area contributed by atoms with Crippen molar-refractivity contribution >= 4 is 17.6 Å². The number of rotatable bonds is 4. The van der Waals surface area contributed by atoms with Gasteiger partial charge in [-0.25, -0.2) is 4.79 Å². The molecule has 0 aliphatic carbocycles. The molecule has 1 aliphatic heterocycles. The Morgan fingerprint density at radius 3 is 2.52 bits per heavy atom. The fraction of sp³-hybridized carbons (Fsp3) is 0.467. The number of anilines is 1. The molecule has 1 aliphatic rings. The Bertz CT molecular complexity index is 521. The van der Waals surface area contributed by atoms with E-state index < -0.39 is 6.03 Å². The molecule has 1 aromatic carbocycles. The third-order valence-electron chi connectivity index (χ3n) is 3.94. The smallest absolute Gasteiger partial charge is 0.316 e. The number of benzene rings is 1. The lowest BCUT2D eigenvalue weighted by Crippen LogP contribution is -2.41. The number of amides is 3. The minimum absolute atomic E-state index is 0.0688. The predicted molar refractivity (Wildman–Crippen MR) is 81.8 cm³/mol. The number of nitrogens with two attached hydrogens (primary N) is 1. The highest BCUT2D eigenvalue weighted by Gasteiger charge is 2.36. The number of carbonyl (C=O) groups is 2. The van der Waals surface area contributed by atoms with E-state index in [-0.39, 0.29) is 17.4 Å². The molecule has 0 saturated carbocycles. The molecule has 0 spiro atoms. The van der Waals surface area contributed by atoms with Gasteiger partial charge >= 0.3 is 6.03 Å². The maximum absolute atomic E-state index is 12.3. The minimum atomic E-state index is -0.592. The molecule has 0 bridgehead atoms. The molecular weight excluding hydrogens is 268 g/mol. The van der Waals surface area contributed by atoms with Gasteiger partial charge in [0.15, 0.2) is 0 Å². The predicted octanol–water partition coefficient (Wildman–Crippen LogP) is 1.35. The van der Waals surface area contributed by atoms with Crippen LogP contribution in [0.15, 0.2) is 24.3 Å². The van der Waals surface area contributed by atoms with Gasteiger partial charge in [-0.05, 0) is 44.5 Å². The second kappa shape index (κ2) is 6.13. The third-order valence-corrected chi connectivity index (χ3v) is 3.94. The van der Waals surface area contributed by atoms with Crippen LogP contribution in [0, 0.1) is 5.41 Å². The van der Waals surface area contributed by atoms with E-state index in [1.54, 1.807) is 12.1 Å². The Morgan fingerprint density at radius 2 is 2.00 bits per heavy atom. The number of hydrogen-bond acceptors (Lipinski definition) is 3. The van der Waals surface area contributed by atoms with Crippen molar-refractivity contribution in [3.8, 4) is 0 Å². The van der Waals surface area contributed by atoms with Gasteiger partial charge < -0.3 is 21.7 Å². The van der Waals surface area contributed by atoms with Crippen LogP contribution in [0.25, 0.3) is 0 Å². The molecule has 1 heterocycles. The SMILES string of the molecule is CC(NC(=O)C1(C)CCNC1)c1ccc(NC(N)=O)cc1. The summed E-state index contributed by atoms with van der Waals surface area (Å²) in [6.07, 6.45) is 0.854. The van der Waals surface area contributed by atoms with Gasteiger partial charge in [0.2, 0.25) is 5.91 Å². The summed E-state index contributed by atoms with van der Waals surface area (Å²) in [5, 5.41) is 8.77. The average Bonchev–Trinajstić information content (AvgIpc) is 2.87. The summed E-state index contributed by atoms with van der Waals surface area (Å²) in [7, 11) is 0. The molecule has 6 nitrogen and oxygen atoms in total. The van der Waals surface area contributed by atoms with Crippen molar-refractivity contribution in [3.63, 3.8) is 0 Å². The lowest BCUT2D eigenvalue weighted by Gasteiger charge is -2.24. The van der Waals surface area contributed by atoms with Crippen molar-refractivity contribution in [1.29, 1.82) is 0 Å². The van der Waals surface area contributed by atoms with Crippen LogP contribution in [0.4, 0.5) is 10.5 Å². The van der Waals surface area contributed by atoms with E-state index in [1.165, 1.54) is 0 Å².